The van der Waals surface area contributed by atoms with Gasteiger partial charge < -0.3 is 4.74 Å². The number of fused-ring (bicyclic) bond motifs is 2. The van der Waals surface area contributed by atoms with Gasteiger partial charge in [-0.2, -0.15) is 4.31 Å². The first-order chi connectivity index (χ1) is 13.2. The molecule has 8 nitrogen and oxygen atoms in total. The first kappa shape index (κ1) is 19.3. The van der Waals surface area contributed by atoms with Crippen LogP contribution in [0.3, 0.4) is 0 Å². The lowest BCUT2D eigenvalue weighted by atomic mass is 10.0. The second-order valence-electron chi connectivity index (χ2n) is 7.14. The van der Waals surface area contributed by atoms with Crippen molar-refractivity contribution in [3.63, 3.8) is 0 Å². The lowest BCUT2D eigenvalue weighted by Crippen LogP contribution is -2.49. The van der Waals surface area contributed by atoms with Crippen molar-refractivity contribution in [3.05, 3.63) is 48.8 Å². The zero-order valence-electron chi connectivity index (χ0n) is 15.0. The largest absolute Gasteiger partial charge is 0.489 e. The van der Waals surface area contributed by atoms with Crippen LogP contribution in [0.2, 0.25) is 0 Å². The number of primary sulfonamides is 1. The van der Waals surface area contributed by atoms with Crippen molar-refractivity contribution in [2.24, 2.45) is 5.14 Å². The number of hydrogen-bond acceptors (Lipinski definition) is 6. The summed E-state index contributed by atoms with van der Waals surface area (Å²) in [7, 11) is -7.59. The highest BCUT2D eigenvalue weighted by Crippen LogP contribution is 2.40. The Morgan fingerprint density at radius 3 is 2.11 bits per heavy atom. The van der Waals surface area contributed by atoms with Crippen LogP contribution in [0.1, 0.15) is 25.7 Å². The van der Waals surface area contributed by atoms with E-state index in [1.165, 1.54) is 24.3 Å². The molecule has 0 spiro atoms. The third kappa shape index (κ3) is 3.64. The van der Waals surface area contributed by atoms with E-state index in [0.29, 0.717) is 18.6 Å². The summed E-state index contributed by atoms with van der Waals surface area (Å²) < 4.78 is 56.7. The van der Waals surface area contributed by atoms with E-state index in [0.717, 1.165) is 12.8 Å². The predicted molar refractivity (Wildman–Crippen MR) is 102 cm³/mol. The molecule has 2 aliphatic rings. The summed E-state index contributed by atoms with van der Waals surface area (Å²) in [6.45, 7) is 0. The van der Waals surface area contributed by atoms with E-state index in [9.17, 15) is 16.8 Å². The summed E-state index contributed by atoms with van der Waals surface area (Å²) in [5, 5.41) is 5.09. The van der Waals surface area contributed by atoms with Crippen molar-refractivity contribution in [2.45, 2.75) is 53.7 Å². The van der Waals surface area contributed by atoms with Crippen LogP contribution >= 0.6 is 0 Å². The Hall–Kier alpha value is -2.01. The summed E-state index contributed by atoms with van der Waals surface area (Å²) in [4.78, 5) is 4.00. The Morgan fingerprint density at radius 2 is 1.57 bits per heavy atom. The van der Waals surface area contributed by atoms with Crippen molar-refractivity contribution in [1.82, 2.24) is 9.29 Å². The third-order valence-corrected chi connectivity index (χ3v) is 8.24. The normalized spacial score (nSPS) is 25.5. The molecule has 4 rings (SSSR count). The van der Waals surface area contributed by atoms with Crippen LogP contribution in [0.4, 0.5) is 0 Å². The lowest BCUT2D eigenvalue weighted by molar-refractivity contribution is 0.0953. The van der Waals surface area contributed by atoms with E-state index in [1.807, 2.05) is 6.07 Å². The monoisotopic (exact) mass is 423 g/mol. The first-order valence-electron chi connectivity index (χ1n) is 8.98. The molecule has 2 bridgehead atoms. The molecule has 10 heteroatoms. The average molecular weight is 424 g/mol. The summed E-state index contributed by atoms with van der Waals surface area (Å²) in [5.41, 5.74) is 0. The maximum atomic E-state index is 13.2. The number of benzene rings is 1. The molecule has 1 aromatic carbocycles. The summed E-state index contributed by atoms with van der Waals surface area (Å²) in [5.74, 6) is 0.682. The molecule has 0 amide bonds. The fourth-order valence-corrected chi connectivity index (χ4v) is 6.51. The second-order valence-corrected chi connectivity index (χ2v) is 10.5. The summed E-state index contributed by atoms with van der Waals surface area (Å²) in [6, 6.07) is 8.41. The average Bonchev–Trinajstić information content (AvgIpc) is 2.94. The Morgan fingerprint density at radius 1 is 0.964 bits per heavy atom. The highest BCUT2D eigenvalue weighted by molar-refractivity contribution is 7.89. The smallest absolute Gasteiger partial charge is 0.243 e. The Balaban J connectivity index is 1.53. The Bertz CT molecular complexity index is 1040. The quantitative estimate of drug-likeness (QED) is 0.778. The van der Waals surface area contributed by atoms with Crippen LogP contribution in [-0.4, -0.2) is 44.3 Å². The van der Waals surface area contributed by atoms with Crippen LogP contribution in [0.5, 0.6) is 5.75 Å². The minimum atomic E-state index is -3.87. The molecular weight excluding hydrogens is 402 g/mol. The van der Waals surface area contributed by atoms with Crippen molar-refractivity contribution in [3.8, 4) is 5.75 Å². The van der Waals surface area contributed by atoms with E-state index < -0.39 is 20.0 Å². The van der Waals surface area contributed by atoms with Gasteiger partial charge in [-0.15, -0.1) is 0 Å². The van der Waals surface area contributed by atoms with Crippen LogP contribution < -0.4 is 9.88 Å². The van der Waals surface area contributed by atoms with Gasteiger partial charge in [-0.25, -0.2) is 22.0 Å². The van der Waals surface area contributed by atoms with E-state index in [2.05, 4.69) is 4.98 Å². The van der Waals surface area contributed by atoms with E-state index in [-0.39, 0.29) is 28.0 Å². The number of hydrogen-bond donors (Lipinski definition) is 1. The number of rotatable bonds is 5. The van der Waals surface area contributed by atoms with E-state index >= 15 is 0 Å². The fraction of sp³-hybridized carbons (Fsp3) is 0.389. The molecule has 0 aliphatic carbocycles. The molecule has 2 unspecified atom stereocenters. The molecule has 2 aliphatic heterocycles. The van der Waals surface area contributed by atoms with Crippen LogP contribution in [0.25, 0.3) is 0 Å². The highest BCUT2D eigenvalue weighted by atomic mass is 32.2. The molecule has 0 radical (unpaired) electrons. The van der Waals surface area contributed by atoms with Crippen molar-refractivity contribution >= 4 is 20.0 Å². The Labute approximate surface area is 164 Å². The van der Waals surface area contributed by atoms with Gasteiger partial charge in [-0.3, -0.25) is 4.98 Å². The molecule has 2 atom stereocenters. The van der Waals surface area contributed by atoms with Crippen molar-refractivity contribution < 1.29 is 21.6 Å². The van der Waals surface area contributed by atoms with E-state index in [4.69, 9.17) is 9.88 Å². The highest BCUT2D eigenvalue weighted by Gasteiger charge is 2.47. The molecule has 0 saturated carbocycles. The number of aromatic nitrogens is 1. The van der Waals surface area contributed by atoms with Crippen LogP contribution in [0.15, 0.2) is 58.6 Å². The zero-order chi connectivity index (χ0) is 19.9. The number of piperidine rings is 1. The zero-order valence-corrected chi connectivity index (χ0v) is 16.6. The van der Waals surface area contributed by atoms with Crippen molar-refractivity contribution in [2.75, 3.05) is 0 Å². The summed E-state index contributed by atoms with van der Waals surface area (Å²) >= 11 is 0. The second kappa shape index (κ2) is 7.11. The van der Waals surface area contributed by atoms with Crippen LogP contribution in [-0.2, 0) is 20.0 Å². The molecule has 2 saturated heterocycles. The molecule has 2 fully saturated rings. The van der Waals surface area contributed by atoms with Gasteiger partial charge in [0.15, 0.2) is 0 Å². The first-order valence-corrected chi connectivity index (χ1v) is 12.0. The predicted octanol–water partition coefficient (Wildman–Crippen LogP) is 1.49. The molecule has 1 aromatic heterocycles. The minimum Gasteiger partial charge on any atom is -0.489 e. The molecule has 3 heterocycles. The fourth-order valence-electron chi connectivity index (χ4n) is 4.11. The number of ether oxygens (including phenoxy) is 1. The van der Waals surface area contributed by atoms with Gasteiger partial charge in [0.2, 0.25) is 20.0 Å². The number of pyridine rings is 1. The number of nitrogens with two attached hydrogens (primary N) is 1. The molecule has 2 aromatic rings. The van der Waals surface area contributed by atoms with Gasteiger partial charge in [0.05, 0.1) is 16.0 Å². The SMILES string of the molecule is NS(=O)(=O)c1ccc(S(=O)(=O)N2C3CCC2CC(Oc2cccnc2)C3)cc1. The molecule has 2 N–H and O–H groups in total. The standard InChI is InChI=1S/C18H21N3O5S2/c19-27(22,23)17-5-7-18(8-6-17)28(24,25)21-13-3-4-14(21)11-16(10-13)26-15-2-1-9-20-12-15/h1-2,5-9,12-14,16H,3-4,10-11H2,(H2,19,22,23). The minimum absolute atomic E-state index is 0.0575. The number of sulfonamides is 2. The maximum absolute atomic E-state index is 13.2. The maximum Gasteiger partial charge on any atom is 0.243 e. The summed E-state index contributed by atoms with van der Waals surface area (Å²) in [6.07, 6.45) is 6.06. The topological polar surface area (TPSA) is 120 Å². The van der Waals surface area contributed by atoms with Gasteiger partial charge in [0, 0.05) is 31.1 Å². The van der Waals surface area contributed by atoms with Gasteiger partial charge >= 0.3 is 0 Å². The Kier molecular flexibility index (Phi) is 4.90. The molecule has 28 heavy (non-hydrogen) atoms. The van der Waals surface area contributed by atoms with Crippen molar-refractivity contribution in [1.29, 1.82) is 0 Å². The molecule has 150 valence electrons. The third-order valence-electron chi connectivity index (χ3n) is 5.29. The molecular formula is C18H21N3O5S2. The van der Waals surface area contributed by atoms with E-state index in [1.54, 1.807) is 22.8 Å². The van der Waals surface area contributed by atoms with Gasteiger partial charge in [-0.05, 0) is 49.2 Å². The van der Waals surface area contributed by atoms with Crippen LogP contribution in [0, 0.1) is 0 Å². The van der Waals surface area contributed by atoms with Gasteiger partial charge in [0.1, 0.15) is 11.9 Å². The number of nitrogens with zero attached hydrogens (tertiary/aromatic N) is 2. The lowest BCUT2D eigenvalue weighted by Gasteiger charge is -2.37. The van der Waals surface area contributed by atoms with Gasteiger partial charge in [0.25, 0.3) is 0 Å². The van der Waals surface area contributed by atoms with Gasteiger partial charge in [-0.1, -0.05) is 0 Å².